The zero-order chi connectivity index (χ0) is 19.3. The zero-order valence-electron chi connectivity index (χ0n) is 15.6. The van der Waals surface area contributed by atoms with Crippen LogP contribution in [0, 0.1) is 13.8 Å². The van der Waals surface area contributed by atoms with E-state index < -0.39 is 0 Å². The number of anilines is 1. The number of benzene rings is 2. The first-order valence-corrected chi connectivity index (χ1v) is 9.24. The highest BCUT2D eigenvalue weighted by atomic mass is 16.5. The Kier molecular flexibility index (Phi) is 3.75. The van der Waals surface area contributed by atoms with Crippen LogP contribution in [-0.4, -0.2) is 32.8 Å². The van der Waals surface area contributed by atoms with Crippen molar-refractivity contribution in [2.24, 2.45) is 0 Å². The summed E-state index contributed by atoms with van der Waals surface area (Å²) in [4.78, 5) is 19.0. The fourth-order valence-corrected chi connectivity index (χ4v) is 3.86. The molecule has 1 atom stereocenters. The highest BCUT2D eigenvalue weighted by Gasteiger charge is 2.35. The third kappa shape index (κ3) is 2.76. The summed E-state index contributed by atoms with van der Waals surface area (Å²) in [6.07, 6.45) is 0.368. The van der Waals surface area contributed by atoms with Crippen LogP contribution in [0.1, 0.15) is 29.3 Å². The van der Waals surface area contributed by atoms with Gasteiger partial charge < -0.3 is 9.42 Å². The topological polar surface area (TPSA) is 87.9 Å². The molecule has 1 unspecified atom stereocenters. The van der Waals surface area contributed by atoms with Crippen LogP contribution in [0.3, 0.4) is 0 Å². The number of carbonyl (C=O) groups excluding carboxylic acids is 1. The van der Waals surface area contributed by atoms with Gasteiger partial charge in [-0.15, -0.1) is 0 Å². The Morgan fingerprint density at radius 2 is 1.93 bits per heavy atom. The van der Waals surface area contributed by atoms with Crippen LogP contribution in [0.2, 0.25) is 0 Å². The number of rotatable bonds is 3. The summed E-state index contributed by atoms with van der Waals surface area (Å²) in [5, 5.41) is 12.3. The third-order valence-electron chi connectivity index (χ3n) is 5.12. The minimum atomic E-state index is -0.101. The van der Waals surface area contributed by atoms with Gasteiger partial charge in [0.2, 0.25) is 5.91 Å². The number of fused-ring (bicyclic) bond motifs is 1. The highest BCUT2D eigenvalue weighted by molar-refractivity contribution is 5.96. The number of hydrogen-bond acceptors (Lipinski definition) is 5. The van der Waals surface area contributed by atoms with Gasteiger partial charge >= 0.3 is 0 Å². The van der Waals surface area contributed by atoms with E-state index in [1.165, 1.54) is 0 Å². The fraction of sp³-hybridized carbons (Fsp3) is 0.238. The van der Waals surface area contributed by atoms with Gasteiger partial charge in [0.05, 0.1) is 5.52 Å². The van der Waals surface area contributed by atoms with Crippen LogP contribution in [0.5, 0.6) is 0 Å². The summed E-state index contributed by atoms with van der Waals surface area (Å²) in [6, 6.07) is 13.9. The average molecular weight is 373 g/mol. The van der Waals surface area contributed by atoms with E-state index in [1.807, 2.05) is 55.1 Å². The molecule has 3 heterocycles. The number of carbonyl (C=O) groups is 1. The van der Waals surface area contributed by atoms with E-state index in [1.54, 1.807) is 0 Å². The van der Waals surface area contributed by atoms with E-state index >= 15 is 0 Å². The van der Waals surface area contributed by atoms with Gasteiger partial charge in [-0.25, -0.2) is 0 Å². The quantitative estimate of drug-likeness (QED) is 0.591. The van der Waals surface area contributed by atoms with E-state index in [0.29, 0.717) is 30.4 Å². The SMILES string of the molecule is Cc1cc(C)cc(N2CC(c3noc(-c4n[nH]c5ccccc45)n3)CC2=O)c1. The summed E-state index contributed by atoms with van der Waals surface area (Å²) in [6.45, 7) is 4.62. The Morgan fingerprint density at radius 1 is 1.14 bits per heavy atom. The second kappa shape index (κ2) is 6.30. The maximum Gasteiger partial charge on any atom is 0.279 e. The molecule has 140 valence electrons. The monoisotopic (exact) mass is 373 g/mol. The molecule has 5 rings (SSSR count). The molecule has 1 amide bonds. The second-order valence-electron chi connectivity index (χ2n) is 7.33. The maximum absolute atomic E-state index is 12.6. The lowest BCUT2D eigenvalue weighted by molar-refractivity contribution is -0.117. The van der Waals surface area contributed by atoms with Crippen molar-refractivity contribution in [3.05, 3.63) is 59.4 Å². The van der Waals surface area contributed by atoms with Crippen LogP contribution >= 0.6 is 0 Å². The molecule has 1 fully saturated rings. The van der Waals surface area contributed by atoms with E-state index in [0.717, 1.165) is 27.7 Å². The van der Waals surface area contributed by atoms with Gasteiger partial charge in [0.25, 0.3) is 5.89 Å². The molecule has 1 aliphatic heterocycles. The molecule has 28 heavy (non-hydrogen) atoms. The van der Waals surface area contributed by atoms with Gasteiger partial charge in [-0.3, -0.25) is 9.89 Å². The first kappa shape index (κ1) is 16.7. The number of para-hydroxylation sites is 1. The predicted molar refractivity (Wildman–Crippen MR) is 105 cm³/mol. The van der Waals surface area contributed by atoms with Crippen molar-refractivity contribution in [1.29, 1.82) is 0 Å². The molecule has 0 bridgehead atoms. The van der Waals surface area contributed by atoms with Crippen LogP contribution in [-0.2, 0) is 4.79 Å². The molecule has 0 spiro atoms. The lowest BCUT2D eigenvalue weighted by Gasteiger charge is -2.17. The van der Waals surface area contributed by atoms with Crippen molar-refractivity contribution in [2.45, 2.75) is 26.2 Å². The Hall–Kier alpha value is -3.48. The molecule has 0 aliphatic carbocycles. The van der Waals surface area contributed by atoms with Gasteiger partial charge in [-0.2, -0.15) is 10.1 Å². The predicted octanol–water partition coefficient (Wildman–Crippen LogP) is 3.75. The molecule has 7 heteroatoms. The van der Waals surface area contributed by atoms with E-state index in [4.69, 9.17) is 4.52 Å². The van der Waals surface area contributed by atoms with Crippen LogP contribution in [0.15, 0.2) is 47.0 Å². The Balaban J connectivity index is 1.43. The molecule has 0 radical (unpaired) electrons. The molecular formula is C21H19N5O2. The van der Waals surface area contributed by atoms with Crippen LogP contribution < -0.4 is 4.90 Å². The van der Waals surface area contributed by atoms with Crippen molar-refractivity contribution < 1.29 is 9.32 Å². The summed E-state index contributed by atoms with van der Waals surface area (Å²) in [5.74, 6) is 0.884. The molecule has 1 aliphatic rings. The number of H-pyrrole nitrogens is 1. The fourth-order valence-electron chi connectivity index (χ4n) is 3.86. The molecule has 7 nitrogen and oxygen atoms in total. The molecule has 1 saturated heterocycles. The van der Waals surface area contributed by atoms with Crippen LogP contribution in [0.25, 0.3) is 22.5 Å². The van der Waals surface area contributed by atoms with Gasteiger partial charge in [-0.1, -0.05) is 29.4 Å². The summed E-state index contributed by atoms with van der Waals surface area (Å²) >= 11 is 0. The van der Waals surface area contributed by atoms with E-state index in [2.05, 4.69) is 26.4 Å². The van der Waals surface area contributed by atoms with E-state index in [9.17, 15) is 4.79 Å². The second-order valence-corrected chi connectivity index (χ2v) is 7.33. The number of aromatic amines is 1. The standard InChI is InChI=1S/C21H19N5O2/c1-12-7-13(2)9-15(8-12)26-11-14(10-18(26)27)20-22-21(28-25-20)19-16-5-3-4-6-17(16)23-24-19/h3-9,14H,10-11H2,1-2H3,(H,23,24). The first-order chi connectivity index (χ1) is 13.6. The molecular weight excluding hydrogens is 354 g/mol. The molecule has 1 N–H and O–H groups in total. The molecule has 2 aromatic carbocycles. The van der Waals surface area contributed by atoms with Gasteiger partial charge in [-0.05, 0) is 43.2 Å². The average Bonchev–Trinajstić information content (AvgIpc) is 3.38. The smallest absolute Gasteiger partial charge is 0.279 e. The maximum atomic E-state index is 12.6. The number of aryl methyl sites for hydroxylation is 2. The normalized spacial score (nSPS) is 17.0. The first-order valence-electron chi connectivity index (χ1n) is 9.24. The van der Waals surface area contributed by atoms with Gasteiger partial charge in [0.1, 0.15) is 0 Å². The lowest BCUT2D eigenvalue weighted by Crippen LogP contribution is -2.24. The lowest BCUT2D eigenvalue weighted by atomic mass is 10.1. The minimum absolute atomic E-state index is 0.0755. The number of amides is 1. The summed E-state index contributed by atoms with van der Waals surface area (Å²) in [7, 11) is 0. The zero-order valence-corrected chi connectivity index (χ0v) is 15.6. The summed E-state index contributed by atoms with van der Waals surface area (Å²) in [5.41, 5.74) is 4.74. The van der Waals surface area contributed by atoms with Gasteiger partial charge in [0.15, 0.2) is 11.5 Å². The summed E-state index contributed by atoms with van der Waals surface area (Å²) < 4.78 is 5.47. The molecule has 0 saturated carbocycles. The number of nitrogens with one attached hydrogen (secondary N) is 1. The number of hydrogen-bond donors (Lipinski definition) is 1. The molecule has 4 aromatic rings. The van der Waals surface area contributed by atoms with Gasteiger partial charge in [0, 0.05) is 30.0 Å². The van der Waals surface area contributed by atoms with Crippen LogP contribution in [0.4, 0.5) is 5.69 Å². The largest absolute Gasteiger partial charge is 0.332 e. The van der Waals surface area contributed by atoms with Crippen molar-refractivity contribution in [3.8, 4) is 11.6 Å². The van der Waals surface area contributed by atoms with E-state index in [-0.39, 0.29) is 11.8 Å². The Labute approximate surface area is 161 Å². The third-order valence-corrected chi connectivity index (χ3v) is 5.12. The molecule has 2 aromatic heterocycles. The highest BCUT2D eigenvalue weighted by Crippen LogP contribution is 2.33. The minimum Gasteiger partial charge on any atom is -0.332 e. The number of nitrogens with zero attached hydrogens (tertiary/aromatic N) is 4. The van der Waals surface area contributed by atoms with Crippen molar-refractivity contribution >= 4 is 22.5 Å². The Bertz CT molecular complexity index is 1170. The Morgan fingerprint density at radius 3 is 2.75 bits per heavy atom. The number of aromatic nitrogens is 4. The van der Waals surface area contributed by atoms with Crippen molar-refractivity contribution in [3.63, 3.8) is 0 Å². The van der Waals surface area contributed by atoms with Crippen molar-refractivity contribution in [2.75, 3.05) is 11.4 Å². The van der Waals surface area contributed by atoms with Crippen molar-refractivity contribution in [1.82, 2.24) is 20.3 Å².